The third kappa shape index (κ3) is 3.28. The smallest absolute Gasteiger partial charge is 0.146 e. The van der Waals surface area contributed by atoms with Crippen LogP contribution in [-0.4, -0.2) is 20.0 Å². The molecule has 0 aromatic carbocycles. The van der Waals surface area contributed by atoms with Gasteiger partial charge in [-0.25, -0.2) is 0 Å². The van der Waals surface area contributed by atoms with Crippen molar-refractivity contribution in [2.45, 2.75) is 26.2 Å². The highest BCUT2D eigenvalue weighted by Gasteiger charge is 2.31. The first kappa shape index (κ1) is 11.5. The van der Waals surface area contributed by atoms with E-state index in [0.717, 1.165) is 32.5 Å². The average Bonchev–Trinajstić information content (AvgIpc) is 2.20. The number of hydrogen-bond acceptors (Lipinski definition) is 2. The van der Waals surface area contributed by atoms with Gasteiger partial charge in [-0.05, 0) is 19.3 Å². The maximum atomic E-state index is 5.36. The van der Waals surface area contributed by atoms with Crippen LogP contribution < -0.4 is 0 Å². The van der Waals surface area contributed by atoms with Crippen LogP contribution in [0.15, 0.2) is 24.8 Å². The number of rotatable bonds is 5. The van der Waals surface area contributed by atoms with Gasteiger partial charge in [0.25, 0.3) is 0 Å². The van der Waals surface area contributed by atoms with E-state index < -0.39 is 0 Å². The van der Waals surface area contributed by atoms with E-state index in [0.29, 0.717) is 6.79 Å². The lowest BCUT2D eigenvalue weighted by Gasteiger charge is -2.35. The topological polar surface area (TPSA) is 18.5 Å². The molecule has 1 heterocycles. The van der Waals surface area contributed by atoms with Gasteiger partial charge in [0.2, 0.25) is 0 Å². The zero-order valence-electron chi connectivity index (χ0n) is 9.00. The Balaban J connectivity index is 2.50. The monoisotopic (exact) mass is 196 g/mol. The second-order valence-electron chi connectivity index (χ2n) is 3.89. The van der Waals surface area contributed by atoms with Crippen LogP contribution in [-0.2, 0) is 9.47 Å². The molecule has 0 radical (unpaired) electrons. The molecule has 0 bridgehead atoms. The van der Waals surface area contributed by atoms with Gasteiger partial charge in [-0.15, -0.1) is 6.58 Å². The Kier molecular flexibility index (Phi) is 4.91. The van der Waals surface area contributed by atoms with Crippen molar-refractivity contribution < 1.29 is 9.47 Å². The summed E-state index contributed by atoms with van der Waals surface area (Å²) >= 11 is 0. The molecule has 0 aliphatic carbocycles. The van der Waals surface area contributed by atoms with Crippen molar-refractivity contribution in [3.8, 4) is 0 Å². The summed E-state index contributed by atoms with van der Waals surface area (Å²) in [6.45, 7) is 7.95. The number of hydrogen-bond donors (Lipinski definition) is 0. The average molecular weight is 196 g/mol. The van der Waals surface area contributed by atoms with Crippen LogP contribution >= 0.6 is 0 Å². The summed E-state index contributed by atoms with van der Waals surface area (Å²) in [5.74, 6) is 0. The summed E-state index contributed by atoms with van der Waals surface area (Å²) in [5, 5.41) is 0. The Labute approximate surface area is 86.6 Å². The van der Waals surface area contributed by atoms with Crippen LogP contribution in [0.3, 0.4) is 0 Å². The van der Waals surface area contributed by atoms with Gasteiger partial charge in [0, 0.05) is 5.41 Å². The highest BCUT2D eigenvalue weighted by Crippen LogP contribution is 2.31. The molecule has 1 aliphatic rings. The molecule has 0 N–H and O–H groups in total. The van der Waals surface area contributed by atoms with E-state index in [4.69, 9.17) is 9.47 Å². The Hall–Kier alpha value is -0.600. The zero-order valence-corrected chi connectivity index (χ0v) is 9.00. The molecule has 1 fully saturated rings. The fourth-order valence-corrected chi connectivity index (χ4v) is 1.74. The van der Waals surface area contributed by atoms with Gasteiger partial charge in [-0.2, -0.15) is 0 Å². The van der Waals surface area contributed by atoms with Crippen molar-refractivity contribution in [3.63, 3.8) is 0 Å². The fraction of sp³-hybridized carbons (Fsp3) is 0.667. The van der Waals surface area contributed by atoms with E-state index in [1.54, 1.807) is 0 Å². The molecule has 2 heteroatoms. The normalized spacial score (nSPS) is 21.2. The lowest BCUT2D eigenvalue weighted by atomic mass is 9.82. The van der Waals surface area contributed by atoms with Crippen LogP contribution in [0.4, 0.5) is 0 Å². The SMILES string of the molecule is C=CCC1(CC=CCC)COCOC1. The van der Waals surface area contributed by atoms with Gasteiger partial charge in [0.15, 0.2) is 0 Å². The third-order valence-corrected chi connectivity index (χ3v) is 2.51. The molecule has 0 unspecified atom stereocenters. The largest absolute Gasteiger partial charge is 0.355 e. The van der Waals surface area contributed by atoms with E-state index in [1.165, 1.54) is 0 Å². The van der Waals surface area contributed by atoms with Crippen molar-refractivity contribution in [2.24, 2.45) is 5.41 Å². The Morgan fingerprint density at radius 2 is 1.93 bits per heavy atom. The van der Waals surface area contributed by atoms with E-state index >= 15 is 0 Å². The molecule has 0 saturated carbocycles. The first-order valence-electron chi connectivity index (χ1n) is 5.24. The first-order valence-corrected chi connectivity index (χ1v) is 5.24. The van der Waals surface area contributed by atoms with Crippen molar-refractivity contribution in [1.82, 2.24) is 0 Å². The summed E-state index contributed by atoms with van der Waals surface area (Å²) in [7, 11) is 0. The molecule has 0 aromatic heterocycles. The lowest BCUT2D eigenvalue weighted by molar-refractivity contribution is -0.162. The molecule has 0 amide bonds. The van der Waals surface area contributed by atoms with Gasteiger partial charge in [-0.1, -0.05) is 25.2 Å². The molecule has 1 aliphatic heterocycles. The minimum Gasteiger partial charge on any atom is -0.355 e. The molecule has 0 aromatic rings. The van der Waals surface area contributed by atoms with E-state index in [1.807, 2.05) is 6.08 Å². The van der Waals surface area contributed by atoms with Gasteiger partial charge in [-0.3, -0.25) is 0 Å². The summed E-state index contributed by atoms with van der Waals surface area (Å²) in [6.07, 6.45) is 9.44. The minimum atomic E-state index is 0.131. The zero-order chi connectivity index (χ0) is 10.3. The standard InChI is InChI=1S/C12H20O2/c1-3-5-6-8-12(7-4-2)9-13-11-14-10-12/h4-6H,2-3,7-11H2,1H3. The Morgan fingerprint density at radius 1 is 1.21 bits per heavy atom. The Bertz CT molecular complexity index is 190. The molecule has 2 nitrogen and oxygen atoms in total. The molecule has 1 saturated heterocycles. The van der Waals surface area contributed by atoms with Gasteiger partial charge in [0.1, 0.15) is 6.79 Å². The lowest BCUT2D eigenvalue weighted by Crippen LogP contribution is -2.36. The molecular formula is C12H20O2. The third-order valence-electron chi connectivity index (χ3n) is 2.51. The predicted molar refractivity (Wildman–Crippen MR) is 58.1 cm³/mol. The van der Waals surface area contributed by atoms with Crippen molar-refractivity contribution in [1.29, 1.82) is 0 Å². The summed E-state index contributed by atoms with van der Waals surface area (Å²) in [4.78, 5) is 0. The van der Waals surface area contributed by atoms with Gasteiger partial charge in [0.05, 0.1) is 13.2 Å². The summed E-state index contributed by atoms with van der Waals surface area (Å²) in [6, 6.07) is 0. The van der Waals surface area contributed by atoms with Crippen LogP contribution in [0.2, 0.25) is 0 Å². The van der Waals surface area contributed by atoms with Crippen molar-refractivity contribution in [2.75, 3.05) is 20.0 Å². The van der Waals surface area contributed by atoms with Crippen LogP contribution in [0, 0.1) is 5.41 Å². The molecule has 0 atom stereocenters. The number of ether oxygens (including phenoxy) is 2. The van der Waals surface area contributed by atoms with Crippen LogP contribution in [0.5, 0.6) is 0 Å². The quantitative estimate of drug-likeness (QED) is 0.629. The van der Waals surface area contributed by atoms with E-state index in [-0.39, 0.29) is 5.41 Å². The molecular weight excluding hydrogens is 176 g/mol. The highest BCUT2D eigenvalue weighted by molar-refractivity contribution is 4.95. The fourth-order valence-electron chi connectivity index (χ4n) is 1.74. The van der Waals surface area contributed by atoms with Crippen LogP contribution in [0.1, 0.15) is 26.2 Å². The molecule has 1 rings (SSSR count). The van der Waals surface area contributed by atoms with E-state index in [2.05, 4.69) is 25.7 Å². The minimum absolute atomic E-state index is 0.131. The van der Waals surface area contributed by atoms with Crippen LogP contribution in [0.25, 0.3) is 0 Å². The highest BCUT2D eigenvalue weighted by atomic mass is 16.7. The Morgan fingerprint density at radius 3 is 2.50 bits per heavy atom. The molecule has 80 valence electrons. The van der Waals surface area contributed by atoms with Crippen molar-refractivity contribution in [3.05, 3.63) is 24.8 Å². The first-order chi connectivity index (χ1) is 6.83. The predicted octanol–water partition coefficient (Wildman–Crippen LogP) is 2.91. The molecule has 0 spiro atoms. The maximum Gasteiger partial charge on any atom is 0.146 e. The van der Waals surface area contributed by atoms with Crippen molar-refractivity contribution >= 4 is 0 Å². The second kappa shape index (κ2) is 5.99. The summed E-state index contributed by atoms with van der Waals surface area (Å²) in [5.41, 5.74) is 0.131. The molecule has 14 heavy (non-hydrogen) atoms. The number of allylic oxidation sites excluding steroid dienone is 3. The summed E-state index contributed by atoms with van der Waals surface area (Å²) < 4.78 is 10.7. The van der Waals surface area contributed by atoms with Gasteiger partial charge < -0.3 is 9.47 Å². The maximum absolute atomic E-state index is 5.36. The van der Waals surface area contributed by atoms with E-state index in [9.17, 15) is 0 Å². The second-order valence-corrected chi connectivity index (χ2v) is 3.89. The van der Waals surface area contributed by atoms with Gasteiger partial charge >= 0.3 is 0 Å².